The van der Waals surface area contributed by atoms with Crippen molar-refractivity contribution in [2.75, 3.05) is 19.8 Å². The van der Waals surface area contributed by atoms with Crippen molar-refractivity contribution in [2.24, 2.45) is 5.41 Å². The van der Waals surface area contributed by atoms with Crippen LogP contribution in [0.3, 0.4) is 0 Å². The summed E-state index contributed by atoms with van der Waals surface area (Å²) in [4.78, 5) is 8.40. The zero-order valence-corrected chi connectivity index (χ0v) is 9.97. The SMILES string of the molecule is c1cnc(C[C@H]2CC3(CCOCC3)CO2)cn1. The average molecular weight is 234 g/mol. The second-order valence-electron chi connectivity index (χ2n) is 5.15. The van der Waals surface area contributed by atoms with Crippen molar-refractivity contribution in [3.63, 3.8) is 0 Å². The van der Waals surface area contributed by atoms with Crippen molar-refractivity contribution >= 4 is 0 Å². The molecule has 3 rings (SSSR count). The first-order valence-electron chi connectivity index (χ1n) is 6.31. The molecule has 2 aliphatic rings. The van der Waals surface area contributed by atoms with Crippen LogP contribution in [0, 0.1) is 5.41 Å². The highest BCUT2D eigenvalue weighted by atomic mass is 16.5. The van der Waals surface area contributed by atoms with Crippen LogP contribution in [0.25, 0.3) is 0 Å². The number of rotatable bonds is 2. The van der Waals surface area contributed by atoms with Gasteiger partial charge in [-0.1, -0.05) is 0 Å². The van der Waals surface area contributed by atoms with Crippen LogP contribution in [0.5, 0.6) is 0 Å². The number of hydrogen-bond acceptors (Lipinski definition) is 4. The molecule has 3 heterocycles. The predicted molar refractivity (Wildman–Crippen MR) is 62.6 cm³/mol. The molecule has 4 nitrogen and oxygen atoms in total. The molecule has 17 heavy (non-hydrogen) atoms. The Bertz CT molecular complexity index is 363. The Balaban J connectivity index is 1.60. The first-order valence-corrected chi connectivity index (χ1v) is 6.31. The fourth-order valence-corrected chi connectivity index (χ4v) is 2.85. The van der Waals surface area contributed by atoms with E-state index in [1.54, 1.807) is 12.4 Å². The Labute approximate surface area is 101 Å². The normalized spacial score (nSPS) is 27.4. The standard InChI is InChI=1S/C13H18N2O2/c1-5-16-6-2-13(1)8-12(17-10-13)7-11-9-14-3-4-15-11/h3-4,9,12H,1-2,5-8,10H2/t12-/m0/s1. The maximum atomic E-state index is 5.93. The first kappa shape index (κ1) is 11.1. The minimum Gasteiger partial charge on any atom is -0.381 e. The van der Waals surface area contributed by atoms with Gasteiger partial charge in [-0.25, -0.2) is 0 Å². The Morgan fingerprint density at radius 2 is 2.18 bits per heavy atom. The van der Waals surface area contributed by atoms with Gasteiger partial charge in [0.25, 0.3) is 0 Å². The average Bonchev–Trinajstić information content (AvgIpc) is 2.74. The molecule has 1 atom stereocenters. The van der Waals surface area contributed by atoms with Gasteiger partial charge in [0.2, 0.25) is 0 Å². The molecule has 2 fully saturated rings. The van der Waals surface area contributed by atoms with Gasteiger partial charge in [-0.2, -0.15) is 0 Å². The van der Waals surface area contributed by atoms with Gasteiger partial charge in [0.1, 0.15) is 0 Å². The highest BCUT2D eigenvalue weighted by Gasteiger charge is 2.41. The van der Waals surface area contributed by atoms with Crippen LogP contribution in [-0.2, 0) is 15.9 Å². The minimum absolute atomic E-state index is 0.310. The molecule has 1 aromatic rings. The number of ether oxygens (including phenoxy) is 2. The van der Waals surface area contributed by atoms with Crippen molar-refractivity contribution < 1.29 is 9.47 Å². The van der Waals surface area contributed by atoms with E-state index in [2.05, 4.69) is 9.97 Å². The van der Waals surface area contributed by atoms with Gasteiger partial charge in [-0.05, 0) is 19.3 Å². The van der Waals surface area contributed by atoms with Crippen LogP contribution < -0.4 is 0 Å². The van der Waals surface area contributed by atoms with E-state index in [-0.39, 0.29) is 0 Å². The van der Waals surface area contributed by atoms with E-state index in [1.807, 2.05) is 6.20 Å². The lowest BCUT2D eigenvalue weighted by Gasteiger charge is -2.31. The van der Waals surface area contributed by atoms with Crippen LogP contribution in [0.15, 0.2) is 18.6 Å². The second kappa shape index (κ2) is 4.70. The summed E-state index contributed by atoms with van der Waals surface area (Å²) < 4.78 is 11.4. The molecule has 0 bridgehead atoms. The molecule has 1 aromatic heterocycles. The summed E-state index contributed by atoms with van der Waals surface area (Å²) in [6, 6.07) is 0. The van der Waals surface area contributed by atoms with E-state index in [4.69, 9.17) is 9.47 Å². The van der Waals surface area contributed by atoms with Crippen LogP contribution in [-0.4, -0.2) is 35.9 Å². The van der Waals surface area contributed by atoms with Crippen molar-refractivity contribution in [1.29, 1.82) is 0 Å². The highest BCUT2D eigenvalue weighted by molar-refractivity contribution is 5.00. The zero-order valence-electron chi connectivity index (χ0n) is 9.97. The molecule has 0 aliphatic carbocycles. The molecule has 0 unspecified atom stereocenters. The third-order valence-electron chi connectivity index (χ3n) is 3.89. The van der Waals surface area contributed by atoms with Gasteiger partial charge < -0.3 is 9.47 Å². The monoisotopic (exact) mass is 234 g/mol. The lowest BCUT2D eigenvalue weighted by molar-refractivity contribution is 0.00696. The zero-order chi connectivity index (χ0) is 11.6. The summed E-state index contributed by atoms with van der Waals surface area (Å²) in [5.74, 6) is 0. The maximum absolute atomic E-state index is 5.93. The lowest BCUT2D eigenvalue weighted by Crippen LogP contribution is -2.30. The Kier molecular flexibility index (Phi) is 3.07. The molecule has 2 aliphatic heterocycles. The molecular weight excluding hydrogens is 216 g/mol. The minimum atomic E-state index is 0.310. The number of hydrogen-bond donors (Lipinski definition) is 0. The lowest BCUT2D eigenvalue weighted by atomic mass is 9.78. The van der Waals surface area contributed by atoms with Crippen LogP contribution in [0.1, 0.15) is 25.0 Å². The van der Waals surface area contributed by atoms with E-state index in [0.29, 0.717) is 11.5 Å². The fraction of sp³-hybridized carbons (Fsp3) is 0.692. The van der Waals surface area contributed by atoms with Gasteiger partial charge in [0.05, 0.1) is 18.4 Å². The summed E-state index contributed by atoms with van der Waals surface area (Å²) in [6.45, 7) is 2.67. The molecule has 2 saturated heterocycles. The summed E-state index contributed by atoms with van der Waals surface area (Å²) in [7, 11) is 0. The quantitative estimate of drug-likeness (QED) is 0.779. The fourth-order valence-electron chi connectivity index (χ4n) is 2.85. The van der Waals surface area contributed by atoms with Gasteiger partial charge in [-0.3, -0.25) is 9.97 Å². The highest BCUT2D eigenvalue weighted by Crippen LogP contribution is 2.41. The summed E-state index contributed by atoms with van der Waals surface area (Å²) >= 11 is 0. The molecule has 1 spiro atoms. The third kappa shape index (κ3) is 2.48. The summed E-state index contributed by atoms with van der Waals surface area (Å²) in [6.07, 6.45) is 9.91. The van der Waals surface area contributed by atoms with E-state index in [9.17, 15) is 0 Å². The molecule has 0 aromatic carbocycles. The third-order valence-corrected chi connectivity index (χ3v) is 3.89. The van der Waals surface area contributed by atoms with Gasteiger partial charge in [0, 0.05) is 43.6 Å². The van der Waals surface area contributed by atoms with E-state index in [0.717, 1.165) is 51.2 Å². The van der Waals surface area contributed by atoms with Crippen molar-refractivity contribution in [1.82, 2.24) is 9.97 Å². The van der Waals surface area contributed by atoms with Gasteiger partial charge in [0.15, 0.2) is 0 Å². The van der Waals surface area contributed by atoms with Gasteiger partial charge in [-0.15, -0.1) is 0 Å². The Hall–Kier alpha value is -1.00. The van der Waals surface area contributed by atoms with Crippen LogP contribution >= 0.6 is 0 Å². The smallest absolute Gasteiger partial charge is 0.0637 e. The van der Waals surface area contributed by atoms with Crippen molar-refractivity contribution in [2.45, 2.75) is 31.8 Å². The predicted octanol–water partition coefficient (Wildman–Crippen LogP) is 1.60. The molecule has 92 valence electrons. The van der Waals surface area contributed by atoms with E-state index < -0.39 is 0 Å². The molecular formula is C13H18N2O2. The molecule has 0 N–H and O–H groups in total. The number of aromatic nitrogens is 2. The Morgan fingerprint density at radius 3 is 2.94 bits per heavy atom. The van der Waals surface area contributed by atoms with Crippen LogP contribution in [0.4, 0.5) is 0 Å². The summed E-state index contributed by atoms with van der Waals surface area (Å²) in [5.41, 5.74) is 1.41. The van der Waals surface area contributed by atoms with E-state index >= 15 is 0 Å². The molecule has 0 amide bonds. The van der Waals surface area contributed by atoms with Crippen molar-refractivity contribution in [3.8, 4) is 0 Å². The van der Waals surface area contributed by atoms with Crippen molar-refractivity contribution in [3.05, 3.63) is 24.3 Å². The maximum Gasteiger partial charge on any atom is 0.0637 e. The van der Waals surface area contributed by atoms with Gasteiger partial charge >= 0.3 is 0 Å². The first-order chi connectivity index (χ1) is 8.36. The Morgan fingerprint density at radius 1 is 1.29 bits per heavy atom. The summed E-state index contributed by atoms with van der Waals surface area (Å²) in [5, 5.41) is 0. The molecule has 0 radical (unpaired) electrons. The topological polar surface area (TPSA) is 44.2 Å². The molecule has 4 heteroatoms. The van der Waals surface area contributed by atoms with E-state index in [1.165, 1.54) is 0 Å². The van der Waals surface area contributed by atoms with Crippen LogP contribution in [0.2, 0.25) is 0 Å². The molecule has 0 saturated carbocycles. The second-order valence-corrected chi connectivity index (χ2v) is 5.15. The number of nitrogens with zero attached hydrogens (tertiary/aromatic N) is 2. The largest absolute Gasteiger partial charge is 0.381 e.